The van der Waals surface area contributed by atoms with E-state index in [1.54, 1.807) is 49.4 Å². The SMILES string of the molecule is CC(Oc1ccc(Cl)cc1Cl)C(=O)Nc1ccc2oc(-c3cccc(F)c3)nc2c1. The molecule has 0 aliphatic carbocycles. The van der Waals surface area contributed by atoms with Gasteiger partial charge in [0.25, 0.3) is 5.91 Å². The molecule has 0 aliphatic rings. The first-order valence-electron chi connectivity index (χ1n) is 8.98. The first-order chi connectivity index (χ1) is 14.4. The number of ether oxygens (including phenoxy) is 1. The third-order valence-corrected chi connectivity index (χ3v) is 4.82. The van der Waals surface area contributed by atoms with E-state index in [9.17, 15) is 9.18 Å². The topological polar surface area (TPSA) is 64.4 Å². The number of amides is 1. The minimum Gasteiger partial charge on any atom is -0.479 e. The van der Waals surface area contributed by atoms with Gasteiger partial charge in [-0.15, -0.1) is 0 Å². The van der Waals surface area contributed by atoms with Gasteiger partial charge in [-0.2, -0.15) is 0 Å². The van der Waals surface area contributed by atoms with Crippen molar-refractivity contribution in [2.45, 2.75) is 13.0 Å². The van der Waals surface area contributed by atoms with Crippen molar-refractivity contribution in [2.24, 2.45) is 0 Å². The highest BCUT2D eigenvalue weighted by molar-refractivity contribution is 6.35. The molecule has 8 heteroatoms. The maximum absolute atomic E-state index is 13.4. The number of carbonyl (C=O) groups is 1. The molecule has 4 aromatic rings. The molecule has 4 rings (SSSR count). The van der Waals surface area contributed by atoms with Crippen LogP contribution in [0.2, 0.25) is 10.0 Å². The van der Waals surface area contributed by atoms with Crippen molar-refractivity contribution in [2.75, 3.05) is 5.32 Å². The predicted molar refractivity (Wildman–Crippen MR) is 115 cm³/mol. The molecule has 5 nitrogen and oxygen atoms in total. The number of fused-ring (bicyclic) bond motifs is 1. The fraction of sp³-hybridized carbons (Fsp3) is 0.0909. The van der Waals surface area contributed by atoms with E-state index in [0.717, 1.165) is 0 Å². The van der Waals surface area contributed by atoms with Crippen LogP contribution in [-0.4, -0.2) is 17.0 Å². The second-order valence-electron chi connectivity index (χ2n) is 6.54. The standard InChI is InChI=1S/C22H15Cl2FN2O3/c1-12(29-19-7-5-14(23)10-17(19)24)21(28)26-16-6-8-20-18(11-16)27-22(30-20)13-3-2-4-15(25)9-13/h2-12H,1H3,(H,26,28). The monoisotopic (exact) mass is 444 g/mol. The molecule has 1 N–H and O–H groups in total. The summed E-state index contributed by atoms with van der Waals surface area (Å²) in [5, 5.41) is 3.56. The molecule has 1 amide bonds. The number of rotatable bonds is 5. The largest absolute Gasteiger partial charge is 0.479 e. The highest BCUT2D eigenvalue weighted by Gasteiger charge is 2.17. The van der Waals surface area contributed by atoms with Gasteiger partial charge < -0.3 is 14.5 Å². The Morgan fingerprint density at radius 1 is 1.13 bits per heavy atom. The molecule has 0 fully saturated rings. The summed E-state index contributed by atoms with van der Waals surface area (Å²) in [6.45, 7) is 1.61. The summed E-state index contributed by atoms with van der Waals surface area (Å²) in [5.41, 5.74) is 2.09. The summed E-state index contributed by atoms with van der Waals surface area (Å²) in [7, 11) is 0. The first-order valence-corrected chi connectivity index (χ1v) is 9.74. The molecule has 1 atom stereocenters. The van der Waals surface area contributed by atoms with Crippen LogP contribution in [0.15, 0.2) is 65.1 Å². The minimum absolute atomic E-state index is 0.294. The normalized spacial score (nSPS) is 12.0. The number of nitrogens with zero attached hydrogens (tertiary/aromatic N) is 1. The summed E-state index contributed by atoms with van der Waals surface area (Å²) in [6.07, 6.45) is -0.806. The molecular formula is C22H15Cl2FN2O3. The van der Waals surface area contributed by atoms with Gasteiger partial charge in [0.15, 0.2) is 11.7 Å². The van der Waals surface area contributed by atoms with Crippen molar-refractivity contribution in [3.63, 3.8) is 0 Å². The van der Waals surface area contributed by atoms with Gasteiger partial charge in [-0.1, -0.05) is 29.3 Å². The van der Waals surface area contributed by atoms with E-state index in [2.05, 4.69) is 10.3 Å². The molecule has 0 aliphatic heterocycles. The average Bonchev–Trinajstić information content (AvgIpc) is 3.13. The maximum Gasteiger partial charge on any atom is 0.265 e. The molecule has 0 saturated carbocycles. The minimum atomic E-state index is -0.806. The molecule has 1 heterocycles. The van der Waals surface area contributed by atoms with Crippen molar-refractivity contribution < 1.29 is 18.3 Å². The second kappa shape index (κ2) is 8.34. The van der Waals surface area contributed by atoms with E-state index in [1.807, 2.05) is 0 Å². The Labute approximate surface area is 181 Å². The summed E-state index contributed by atoms with van der Waals surface area (Å²) in [5.74, 6) is -0.0934. The van der Waals surface area contributed by atoms with Crippen molar-refractivity contribution in [3.8, 4) is 17.2 Å². The quantitative estimate of drug-likeness (QED) is 0.389. The Hall–Kier alpha value is -3.09. The summed E-state index contributed by atoms with van der Waals surface area (Å²) >= 11 is 12.0. The van der Waals surface area contributed by atoms with Crippen molar-refractivity contribution in [1.29, 1.82) is 0 Å². The molecule has 1 aromatic heterocycles. The molecule has 30 heavy (non-hydrogen) atoms. The predicted octanol–water partition coefficient (Wildman–Crippen LogP) is 6.35. The molecule has 1 unspecified atom stereocenters. The lowest BCUT2D eigenvalue weighted by Crippen LogP contribution is -2.30. The van der Waals surface area contributed by atoms with Crippen LogP contribution in [0.4, 0.5) is 10.1 Å². The van der Waals surface area contributed by atoms with Crippen LogP contribution in [0.3, 0.4) is 0 Å². The number of benzene rings is 3. The van der Waals surface area contributed by atoms with Crippen molar-refractivity contribution in [1.82, 2.24) is 4.98 Å². The Kier molecular flexibility index (Phi) is 5.61. The van der Waals surface area contributed by atoms with Gasteiger partial charge in [0, 0.05) is 16.3 Å². The summed E-state index contributed by atoms with van der Waals surface area (Å²) < 4.78 is 24.7. The number of halogens is 3. The summed E-state index contributed by atoms with van der Waals surface area (Å²) in [6, 6.07) is 15.8. The maximum atomic E-state index is 13.4. The Morgan fingerprint density at radius 3 is 2.73 bits per heavy atom. The van der Waals surface area contributed by atoms with Crippen LogP contribution in [0.5, 0.6) is 5.75 Å². The zero-order valence-corrected chi connectivity index (χ0v) is 17.2. The lowest BCUT2D eigenvalue weighted by Gasteiger charge is -2.15. The Morgan fingerprint density at radius 2 is 1.97 bits per heavy atom. The Balaban J connectivity index is 1.49. The van der Waals surface area contributed by atoms with E-state index < -0.39 is 6.10 Å². The number of nitrogens with one attached hydrogen (secondary N) is 1. The summed E-state index contributed by atoms with van der Waals surface area (Å²) in [4.78, 5) is 16.9. The van der Waals surface area contributed by atoms with Gasteiger partial charge in [0.1, 0.15) is 17.1 Å². The Bertz CT molecular complexity index is 1240. The van der Waals surface area contributed by atoms with E-state index in [4.69, 9.17) is 32.4 Å². The zero-order valence-electron chi connectivity index (χ0n) is 15.7. The zero-order chi connectivity index (χ0) is 21.3. The number of hydrogen-bond donors (Lipinski definition) is 1. The molecule has 0 saturated heterocycles. The number of oxazole rings is 1. The van der Waals surface area contributed by atoms with Gasteiger partial charge in [0.05, 0.1) is 5.02 Å². The lowest BCUT2D eigenvalue weighted by atomic mass is 10.2. The highest BCUT2D eigenvalue weighted by atomic mass is 35.5. The van der Waals surface area contributed by atoms with Crippen LogP contribution in [0.1, 0.15) is 6.92 Å². The van der Waals surface area contributed by atoms with E-state index >= 15 is 0 Å². The van der Waals surface area contributed by atoms with Gasteiger partial charge in [-0.25, -0.2) is 9.37 Å². The van der Waals surface area contributed by atoms with Gasteiger partial charge in [-0.05, 0) is 61.5 Å². The molecule has 3 aromatic carbocycles. The molecule has 0 bridgehead atoms. The molecule has 152 valence electrons. The third-order valence-electron chi connectivity index (χ3n) is 4.29. The number of carbonyl (C=O) groups excluding carboxylic acids is 1. The fourth-order valence-electron chi connectivity index (χ4n) is 2.81. The van der Waals surface area contributed by atoms with Crippen LogP contribution in [0.25, 0.3) is 22.6 Å². The number of anilines is 1. The van der Waals surface area contributed by atoms with E-state index in [0.29, 0.717) is 44.0 Å². The molecule has 0 spiro atoms. The van der Waals surface area contributed by atoms with Crippen LogP contribution < -0.4 is 10.1 Å². The third kappa shape index (κ3) is 4.40. The van der Waals surface area contributed by atoms with Crippen LogP contribution in [-0.2, 0) is 4.79 Å². The van der Waals surface area contributed by atoms with Gasteiger partial charge in [0.2, 0.25) is 5.89 Å². The van der Waals surface area contributed by atoms with Gasteiger partial charge in [-0.3, -0.25) is 4.79 Å². The van der Waals surface area contributed by atoms with E-state index in [1.165, 1.54) is 18.2 Å². The van der Waals surface area contributed by atoms with Gasteiger partial charge >= 0.3 is 0 Å². The lowest BCUT2D eigenvalue weighted by molar-refractivity contribution is -0.122. The average molecular weight is 445 g/mol. The van der Waals surface area contributed by atoms with E-state index in [-0.39, 0.29) is 11.7 Å². The molecule has 0 radical (unpaired) electrons. The highest BCUT2D eigenvalue weighted by Crippen LogP contribution is 2.29. The van der Waals surface area contributed by atoms with Crippen LogP contribution in [0, 0.1) is 5.82 Å². The van der Waals surface area contributed by atoms with Crippen LogP contribution >= 0.6 is 23.2 Å². The smallest absolute Gasteiger partial charge is 0.265 e. The van der Waals surface area contributed by atoms with Crippen molar-refractivity contribution >= 4 is 45.9 Å². The van der Waals surface area contributed by atoms with Crippen molar-refractivity contribution in [3.05, 3.63) is 76.5 Å². The first kappa shape index (κ1) is 20.2. The fourth-order valence-corrected chi connectivity index (χ4v) is 3.26. The second-order valence-corrected chi connectivity index (χ2v) is 7.38. The number of hydrogen-bond acceptors (Lipinski definition) is 4. The number of aromatic nitrogens is 1. The molecular weight excluding hydrogens is 430 g/mol.